The van der Waals surface area contributed by atoms with Crippen molar-refractivity contribution in [3.63, 3.8) is 0 Å². The third kappa shape index (κ3) is 2.97. The van der Waals surface area contributed by atoms with E-state index < -0.39 is 15.3 Å². The fraction of sp³-hybridized carbons (Fsp3) is 0.300. The van der Waals surface area contributed by atoms with Gasteiger partial charge < -0.3 is 0 Å². The van der Waals surface area contributed by atoms with Crippen LogP contribution in [-0.2, 0) is 10.0 Å². The van der Waals surface area contributed by atoms with E-state index in [2.05, 4.69) is 20.7 Å². The van der Waals surface area contributed by atoms with Gasteiger partial charge in [0.15, 0.2) is 0 Å². The number of nitrogens with one attached hydrogen (secondary N) is 1. The Hall–Kier alpha value is -1.06. The van der Waals surface area contributed by atoms with Crippen LogP contribution in [-0.4, -0.2) is 13.7 Å². The van der Waals surface area contributed by atoms with Gasteiger partial charge in [-0.15, -0.1) is 0 Å². The lowest BCUT2D eigenvalue weighted by molar-refractivity contribution is 0.593. The Morgan fingerprint density at radius 3 is 2.50 bits per heavy atom. The summed E-state index contributed by atoms with van der Waals surface area (Å²) in [4.78, 5) is 0. The highest BCUT2D eigenvalue weighted by Gasteiger charge is 2.16. The van der Waals surface area contributed by atoms with Gasteiger partial charge in [-0.3, -0.25) is 4.72 Å². The molecule has 0 spiro atoms. The van der Waals surface area contributed by atoms with E-state index in [0.717, 1.165) is 0 Å². The molecule has 0 atom stereocenters. The number of hydrogen-bond donors (Lipinski definition) is 1. The minimum Gasteiger partial charge on any atom is -0.282 e. The third-order valence-corrected chi connectivity index (χ3v) is 4.37. The minimum absolute atomic E-state index is 0.438. The Morgan fingerprint density at radius 1 is 1.44 bits per heavy atom. The van der Waals surface area contributed by atoms with Gasteiger partial charge in [0.05, 0.1) is 22.6 Å². The molecule has 0 saturated heterocycles. The van der Waals surface area contributed by atoms with Crippen LogP contribution in [0.2, 0.25) is 0 Å². The molecule has 0 heterocycles. The fourth-order valence-electron chi connectivity index (χ4n) is 0.939. The summed E-state index contributed by atoms with van der Waals surface area (Å²) in [7, 11) is -3.36. The van der Waals surface area contributed by atoms with Gasteiger partial charge in [-0.2, -0.15) is 5.26 Å². The van der Waals surface area contributed by atoms with E-state index in [0.29, 0.717) is 15.7 Å². The number of sulfonamides is 1. The van der Waals surface area contributed by atoms with E-state index in [1.54, 1.807) is 32.0 Å². The summed E-state index contributed by atoms with van der Waals surface area (Å²) in [6.45, 7) is 3.19. The van der Waals surface area contributed by atoms with Gasteiger partial charge in [0.1, 0.15) is 0 Å². The van der Waals surface area contributed by atoms with Crippen molar-refractivity contribution in [2.24, 2.45) is 0 Å². The zero-order chi connectivity index (χ0) is 12.3. The van der Waals surface area contributed by atoms with Gasteiger partial charge in [-0.1, -0.05) is 0 Å². The fourth-order valence-corrected chi connectivity index (χ4v) is 2.27. The van der Waals surface area contributed by atoms with Crippen LogP contribution >= 0.6 is 15.9 Å². The summed E-state index contributed by atoms with van der Waals surface area (Å²) >= 11 is 3.21. The van der Waals surface area contributed by atoms with Crippen LogP contribution in [0.3, 0.4) is 0 Å². The van der Waals surface area contributed by atoms with Gasteiger partial charge in [0, 0.05) is 4.47 Å². The largest absolute Gasteiger partial charge is 0.282 e. The molecular formula is C10H11BrN2O2S. The molecular weight excluding hydrogens is 292 g/mol. The van der Waals surface area contributed by atoms with Crippen molar-refractivity contribution in [3.05, 3.63) is 28.2 Å². The van der Waals surface area contributed by atoms with Crippen LogP contribution in [0, 0.1) is 11.3 Å². The van der Waals surface area contributed by atoms with Gasteiger partial charge in [0.2, 0.25) is 10.0 Å². The molecule has 0 saturated carbocycles. The van der Waals surface area contributed by atoms with Crippen molar-refractivity contribution in [1.82, 2.24) is 0 Å². The SMILES string of the molecule is CC(C)S(=O)(=O)Nc1ccc(C#N)cc1Br. The summed E-state index contributed by atoms with van der Waals surface area (Å²) in [5.41, 5.74) is 0.909. The molecule has 0 bridgehead atoms. The zero-order valence-electron chi connectivity index (χ0n) is 8.86. The van der Waals surface area contributed by atoms with Crippen molar-refractivity contribution in [1.29, 1.82) is 5.26 Å². The first-order valence-electron chi connectivity index (χ1n) is 4.58. The average molecular weight is 303 g/mol. The highest BCUT2D eigenvalue weighted by atomic mass is 79.9. The lowest BCUT2D eigenvalue weighted by atomic mass is 10.2. The molecule has 6 heteroatoms. The van der Waals surface area contributed by atoms with Crippen molar-refractivity contribution in [2.45, 2.75) is 19.1 Å². The Bertz CT molecular complexity index is 532. The molecule has 16 heavy (non-hydrogen) atoms. The maximum Gasteiger partial charge on any atom is 0.235 e. The standard InChI is InChI=1S/C10H11BrN2O2S/c1-7(2)16(14,15)13-10-4-3-8(6-12)5-9(10)11/h3-5,7,13H,1-2H3. The molecule has 1 N–H and O–H groups in total. The number of rotatable bonds is 3. The average Bonchev–Trinajstić information content (AvgIpc) is 2.20. The molecule has 0 unspecified atom stereocenters. The van der Waals surface area contributed by atoms with Gasteiger partial charge in [-0.05, 0) is 48.0 Å². The summed E-state index contributed by atoms with van der Waals surface area (Å²) in [6.07, 6.45) is 0. The van der Waals surface area contributed by atoms with E-state index in [-0.39, 0.29) is 0 Å². The highest BCUT2D eigenvalue weighted by Crippen LogP contribution is 2.25. The second-order valence-electron chi connectivity index (χ2n) is 3.50. The predicted octanol–water partition coefficient (Wildman–Crippen LogP) is 2.47. The molecule has 86 valence electrons. The smallest absolute Gasteiger partial charge is 0.235 e. The number of nitrogens with zero attached hydrogens (tertiary/aromatic N) is 1. The molecule has 0 amide bonds. The molecule has 0 aliphatic heterocycles. The Kier molecular flexibility index (Phi) is 3.94. The minimum atomic E-state index is -3.36. The van der Waals surface area contributed by atoms with E-state index in [1.165, 1.54) is 0 Å². The van der Waals surface area contributed by atoms with E-state index >= 15 is 0 Å². The quantitative estimate of drug-likeness (QED) is 0.932. The van der Waals surface area contributed by atoms with Crippen LogP contribution in [0.4, 0.5) is 5.69 Å². The van der Waals surface area contributed by atoms with E-state index in [9.17, 15) is 8.42 Å². The maximum absolute atomic E-state index is 11.6. The zero-order valence-corrected chi connectivity index (χ0v) is 11.3. The molecule has 0 aromatic heterocycles. The van der Waals surface area contributed by atoms with Gasteiger partial charge in [-0.25, -0.2) is 8.42 Å². The molecule has 1 rings (SSSR count). The van der Waals surface area contributed by atoms with Crippen molar-refractivity contribution >= 4 is 31.6 Å². The van der Waals surface area contributed by atoms with Crippen molar-refractivity contribution < 1.29 is 8.42 Å². The first kappa shape index (κ1) is 13.0. The molecule has 1 aromatic carbocycles. The maximum atomic E-state index is 11.6. The van der Waals surface area contributed by atoms with Crippen molar-refractivity contribution in [3.8, 4) is 6.07 Å². The molecule has 0 aliphatic rings. The second kappa shape index (κ2) is 4.85. The predicted molar refractivity (Wildman–Crippen MR) is 66.5 cm³/mol. The second-order valence-corrected chi connectivity index (χ2v) is 6.59. The first-order valence-corrected chi connectivity index (χ1v) is 6.92. The summed E-state index contributed by atoms with van der Waals surface area (Å²) < 4.78 is 26.2. The summed E-state index contributed by atoms with van der Waals surface area (Å²) in [5.74, 6) is 0. The van der Waals surface area contributed by atoms with Crippen LogP contribution < -0.4 is 4.72 Å². The highest BCUT2D eigenvalue weighted by molar-refractivity contribution is 9.10. The summed E-state index contributed by atoms with van der Waals surface area (Å²) in [6, 6.07) is 6.66. The van der Waals surface area contributed by atoms with E-state index in [1.807, 2.05) is 6.07 Å². The van der Waals surface area contributed by atoms with Gasteiger partial charge >= 0.3 is 0 Å². The Balaban J connectivity index is 3.05. The molecule has 0 radical (unpaired) electrons. The molecule has 0 fully saturated rings. The van der Waals surface area contributed by atoms with Crippen LogP contribution in [0.25, 0.3) is 0 Å². The third-order valence-electron chi connectivity index (χ3n) is 1.97. The Morgan fingerprint density at radius 2 is 2.06 bits per heavy atom. The number of nitriles is 1. The topological polar surface area (TPSA) is 70.0 Å². The number of anilines is 1. The lowest BCUT2D eigenvalue weighted by Crippen LogP contribution is -2.22. The monoisotopic (exact) mass is 302 g/mol. The van der Waals surface area contributed by atoms with Crippen LogP contribution in [0.15, 0.2) is 22.7 Å². The lowest BCUT2D eigenvalue weighted by Gasteiger charge is -2.12. The van der Waals surface area contributed by atoms with Gasteiger partial charge in [0.25, 0.3) is 0 Å². The van der Waals surface area contributed by atoms with Crippen LogP contribution in [0.5, 0.6) is 0 Å². The normalized spacial score (nSPS) is 11.2. The van der Waals surface area contributed by atoms with Crippen molar-refractivity contribution in [2.75, 3.05) is 4.72 Å². The molecule has 0 aliphatic carbocycles. The molecule has 1 aromatic rings. The first-order chi connectivity index (χ1) is 7.36. The summed E-state index contributed by atoms with van der Waals surface area (Å²) in [5, 5.41) is 8.16. The number of halogens is 1. The number of hydrogen-bond acceptors (Lipinski definition) is 3. The van der Waals surface area contributed by atoms with E-state index in [4.69, 9.17) is 5.26 Å². The number of benzene rings is 1. The Labute approximate surface area is 103 Å². The molecule has 4 nitrogen and oxygen atoms in total. The van der Waals surface area contributed by atoms with Crippen LogP contribution in [0.1, 0.15) is 19.4 Å².